The predicted molar refractivity (Wildman–Crippen MR) is 46.9 cm³/mol. The van der Waals surface area contributed by atoms with Crippen LogP contribution in [-0.4, -0.2) is 11.9 Å². The van der Waals surface area contributed by atoms with Crippen molar-refractivity contribution in [1.29, 1.82) is 0 Å². The first kappa shape index (κ1) is 21.4. The van der Waals surface area contributed by atoms with E-state index < -0.39 is 17.9 Å². The summed E-state index contributed by atoms with van der Waals surface area (Å²) in [5, 5.41) is 20.7. The van der Waals surface area contributed by atoms with Gasteiger partial charge in [-0.1, -0.05) is 39.0 Å². The number of hydrogen-bond acceptors (Lipinski definition) is 4. The summed E-state index contributed by atoms with van der Waals surface area (Å²) in [6.07, 6.45) is 4.81. The van der Waals surface area contributed by atoms with Crippen LogP contribution in [0.5, 0.6) is 0 Å². The number of aliphatic carboxylic acids is 2. The van der Waals surface area contributed by atoms with Gasteiger partial charge in [0.15, 0.2) is 0 Å². The molecule has 0 fully saturated rings. The van der Waals surface area contributed by atoms with Gasteiger partial charge in [-0.25, -0.2) is 0 Å². The molecular formula is C10H16Li2O4. The van der Waals surface area contributed by atoms with E-state index >= 15 is 0 Å². The van der Waals surface area contributed by atoms with Crippen LogP contribution < -0.4 is 47.9 Å². The zero-order chi connectivity index (χ0) is 11.0. The van der Waals surface area contributed by atoms with Crippen LogP contribution in [0.15, 0.2) is 0 Å². The Balaban J connectivity index is -0.000000845. The average molecular weight is 214 g/mol. The molecule has 0 heterocycles. The van der Waals surface area contributed by atoms with Crippen LogP contribution in [0.1, 0.15) is 45.4 Å². The molecule has 82 valence electrons. The third-order valence-electron chi connectivity index (χ3n) is 2.17. The van der Waals surface area contributed by atoms with Crippen LogP contribution in [0.4, 0.5) is 0 Å². The molecule has 0 aliphatic heterocycles. The SMILES string of the molecule is CCCCCCCC(C(=O)[O-])C(=O)[O-].[Li+].[Li+]. The van der Waals surface area contributed by atoms with E-state index in [-0.39, 0.29) is 44.1 Å². The van der Waals surface area contributed by atoms with E-state index in [1.165, 1.54) is 0 Å². The number of rotatable bonds is 8. The van der Waals surface area contributed by atoms with Crippen molar-refractivity contribution in [2.24, 2.45) is 5.92 Å². The molecule has 0 atom stereocenters. The summed E-state index contributed by atoms with van der Waals surface area (Å²) in [6, 6.07) is 0. The van der Waals surface area contributed by atoms with Gasteiger partial charge in [-0.3, -0.25) is 0 Å². The number of carboxylic acid groups (broad SMARTS) is 2. The van der Waals surface area contributed by atoms with E-state index in [2.05, 4.69) is 6.92 Å². The maximum Gasteiger partial charge on any atom is 1.00 e. The normalized spacial score (nSPS) is 9.12. The first-order chi connectivity index (χ1) is 6.59. The fraction of sp³-hybridized carbons (Fsp3) is 0.800. The summed E-state index contributed by atoms with van der Waals surface area (Å²) < 4.78 is 0. The van der Waals surface area contributed by atoms with Gasteiger partial charge in [0.25, 0.3) is 0 Å². The molecule has 0 aliphatic carbocycles. The molecule has 0 spiro atoms. The number of unbranched alkanes of at least 4 members (excludes halogenated alkanes) is 4. The van der Waals surface area contributed by atoms with Crippen LogP contribution in [0, 0.1) is 5.92 Å². The standard InChI is InChI=1S/C10H18O4.2Li/c1-2-3-4-5-6-7-8(9(11)12)10(13)14;;/h8H,2-7H2,1H3,(H,11,12)(H,13,14);;/q;2*+1/p-2. The van der Waals surface area contributed by atoms with Crippen molar-refractivity contribution in [3.05, 3.63) is 0 Å². The van der Waals surface area contributed by atoms with E-state index in [0.717, 1.165) is 25.7 Å². The van der Waals surface area contributed by atoms with E-state index in [1.807, 2.05) is 0 Å². The molecule has 0 aliphatic rings. The van der Waals surface area contributed by atoms with Crippen LogP contribution in [-0.2, 0) is 9.59 Å². The Morgan fingerprint density at radius 1 is 0.938 bits per heavy atom. The first-order valence-corrected chi connectivity index (χ1v) is 5.01. The third kappa shape index (κ3) is 10.6. The van der Waals surface area contributed by atoms with Crippen molar-refractivity contribution < 1.29 is 57.5 Å². The quantitative estimate of drug-likeness (QED) is 0.228. The van der Waals surface area contributed by atoms with Gasteiger partial charge in [-0.05, 0) is 6.42 Å². The summed E-state index contributed by atoms with van der Waals surface area (Å²) in [5.74, 6) is -4.53. The van der Waals surface area contributed by atoms with Crippen molar-refractivity contribution >= 4 is 11.9 Å². The molecule has 0 saturated heterocycles. The molecule has 0 aromatic heterocycles. The molecule has 16 heavy (non-hydrogen) atoms. The summed E-state index contributed by atoms with van der Waals surface area (Å²) >= 11 is 0. The summed E-state index contributed by atoms with van der Waals surface area (Å²) in [7, 11) is 0. The molecule has 0 unspecified atom stereocenters. The Bertz CT molecular complexity index is 183. The minimum atomic E-state index is -1.54. The molecule has 0 aromatic carbocycles. The second kappa shape index (κ2) is 13.2. The van der Waals surface area contributed by atoms with Crippen molar-refractivity contribution in [2.75, 3.05) is 0 Å². The molecular weight excluding hydrogens is 198 g/mol. The van der Waals surface area contributed by atoms with Gasteiger partial charge in [0.1, 0.15) is 0 Å². The maximum absolute atomic E-state index is 10.3. The molecule has 6 heteroatoms. The van der Waals surface area contributed by atoms with Crippen LogP contribution in [0.25, 0.3) is 0 Å². The van der Waals surface area contributed by atoms with Gasteiger partial charge in [0, 0.05) is 5.92 Å². The zero-order valence-electron chi connectivity index (χ0n) is 10.5. The topological polar surface area (TPSA) is 80.3 Å². The molecule has 0 amide bonds. The van der Waals surface area contributed by atoms with Crippen LogP contribution in [0.3, 0.4) is 0 Å². The van der Waals surface area contributed by atoms with E-state index in [9.17, 15) is 19.8 Å². The first-order valence-electron chi connectivity index (χ1n) is 5.01. The number of carboxylic acids is 2. The van der Waals surface area contributed by atoms with Crippen molar-refractivity contribution in [1.82, 2.24) is 0 Å². The van der Waals surface area contributed by atoms with Gasteiger partial charge in [-0.2, -0.15) is 0 Å². The van der Waals surface area contributed by atoms with E-state index in [0.29, 0.717) is 6.42 Å². The third-order valence-corrected chi connectivity index (χ3v) is 2.17. The molecule has 0 rings (SSSR count). The summed E-state index contributed by atoms with van der Waals surface area (Å²) in [4.78, 5) is 20.7. The fourth-order valence-electron chi connectivity index (χ4n) is 1.28. The van der Waals surface area contributed by atoms with Gasteiger partial charge in [-0.15, -0.1) is 0 Å². The van der Waals surface area contributed by atoms with Crippen molar-refractivity contribution in [3.8, 4) is 0 Å². The predicted octanol–water partition coefficient (Wildman–Crippen LogP) is -6.53. The summed E-state index contributed by atoms with van der Waals surface area (Å²) in [6.45, 7) is 2.07. The van der Waals surface area contributed by atoms with E-state index in [4.69, 9.17) is 0 Å². The molecule has 0 bridgehead atoms. The molecule has 4 nitrogen and oxygen atoms in total. The number of hydrogen-bond donors (Lipinski definition) is 0. The molecule has 0 saturated carbocycles. The zero-order valence-corrected chi connectivity index (χ0v) is 10.5. The Labute approximate surface area is 121 Å². The largest absolute Gasteiger partial charge is 1.00 e. The second-order valence-electron chi connectivity index (χ2n) is 3.39. The van der Waals surface area contributed by atoms with Crippen LogP contribution >= 0.6 is 0 Å². The molecule has 0 N–H and O–H groups in total. The Morgan fingerprint density at radius 2 is 1.38 bits per heavy atom. The minimum Gasteiger partial charge on any atom is -0.549 e. The summed E-state index contributed by atoms with van der Waals surface area (Å²) in [5.41, 5.74) is 0. The monoisotopic (exact) mass is 214 g/mol. The van der Waals surface area contributed by atoms with Gasteiger partial charge in [0.05, 0.1) is 11.9 Å². The molecule has 0 aromatic rings. The smallest absolute Gasteiger partial charge is 0.549 e. The van der Waals surface area contributed by atoms with Crippen LogP contribution in [0.2, 0.25) is 0 Å². The van der Waals surface area contributed by atoms with Gasteiger partial charge < -0.3 is 19.8 Å². The van der Waals surface area contributed by atoms with Gasteiger partial charge in [0.2, 0.25) is 0 Å². The van der Waals surface area contributed by atoms with Crippen molar-refractivity contribution in [2.45, 2.75) is 45.4 Å². The van der Waals surface area contributed by atoms with Crippen molar-refractivity contribution in [3.63, 3.8) is 0 Å². The maximum atomic E-state index is 10.3. The Kier molecular flexibility index (Phi) is 17.7. The average Bonchev–Trinajstić information content (AvgIpc) is 2.09. The number of carbonyl (C=O) groups is 2. The fourth-order valence-corrected chi connectivity index (χ4v) is 1.28. The molecule has 0 radical (unpaired) electrons. The Hall–Kier alpha value is 0.135. The van der Waals surface area contributed by atoms with E-state index in [1.54, 1.807) is 0 Å². The van der Waals surface area contributed by atoms with Gasteiger partial charge >= 0.3 is 37.7 Å². The second-order valence-corrected chi connectivity index (χ2v) is 3.39. The Morgan fingerprint density at radius 3 is 1.75 bits per heavy atom. The minimum absolute atomic E-state index is 0. The number of carbonyl (C=O) groups excluding carboxylic acids is 2.